The Morgan fingerprint density at radius 2 is 1.79 bits per heavy atom. The summed E-state index contributed by atoms with van der Waals surface area (Å²) in [5.74, 6) is -1.08. The lowest BCUT2D eigenvalue weighted by molar-refractivity contribution is -0.138. The fourth-order valence-corrected chi connectivity index (χ4v) is 3.81. The first-order valence-corrected chi connectivity index (χ1v) is 11.1. The summed E-state index contributed by atoms with van der Waals surface area (Å²) in [4.78, 5) is 35.6. The smallest absolute Gasteiger partial charge is 0.312 e. The largest absolute Gasteiger partial charge is 0.423 e. The molecule has 0 bridgehead atoms. The maximum Gasteiger partial charge on any atom is 0.423 e. The summed E-state index contributed by atoms with van der Waals surface area (Å²) in [6.07, 6.45) is -6.42. The SMILES string of the molecule is CC(C[C@@H](F)Cn1ccc2cc(-c3ncc(C(F)F)cn3)c(F)cc2c1=O)=Nc1cn[nH]c(=O)c1C(F)(F)F. The maximum absolute atomic E-state index is 14.8. The van der Waals surface area contributed by atoms with Gasteiger partial charge in [-0.1, -0.05) is 0 Å². The number of nitrogens with zero attached hydrogens (tertiary/aromatic N) is 5. The van der Waals surface area contributed by atoms with Crippen molar-refractivity contribution in [1.82, 2.24) is 24.7 Å². The monoisotopic (exact) mass is 554 g/mol. The summed E-state index contributed by atoms with van der Waals surface area (Å²) in [6, 6.07) is 3.55. The first kappa shape index (κ1) is 27.6. The van der Waals surface area contributed by atoms with Crippen molar-refractivity contribution >= 4 is 22.2 Å². The molecular weight excluding hydrogens is 537 g/mol. The molecule has 0 aliphatic rings. The minimum Gasteiger partial charge on any atom is -0.312 e. The van der Waals surface area contributed by atoms with Crippen molar-refractivity contribution in [2.24, 2.45) is 4.99 Å². The average molecular weight is 554 g/mol. The standard InChI is InChI=1S/C24H17F7N6O2/c1-11(35-18-9-34-36-22(38)19(18)24(29,30)31)4-14(25)10-37-3-2-12-5-16(17(26)6-15(12)23(37)39)21-32-7-13(8-33-21)20(27)28/h2-3,5-9,14,20H,4,10H2,1H3,(H,36,38)/t14-/m1/s1. The van der Waals surface area contributed by atoms with Crippen molar-refractivity contribution in [1.29, 1.82) is 0 Å². The van der Waals surface area contributed by atoms with Crippen LogP contribution in [-0.2, 0) is 12.7 Å². The zero-order valence-corrected chi connectivity index (χ0v) is 19.8. The summed E-state index contributed by atoms with van der Waals surface area (Å²) in [6.45, 7) is 0.729. The van der Waals surface area contributed by atoms with Crippen molar-refractivity contribution in [3.63, 3.8) is 0 Å². The van der Waals surface area contributed by atoms with Crippen molar-refractivity contribution in [3.8, 4) is 11.4 Å². The van der Waals surface area contributed by atoms with E-state index in [-0.39, 0.29) is 27.9 Å². The Balaban J connectivity index is 1.56. The van der Waals surface area contributed by atoms with Crippen LogP contribution in [-0.4, -0.2) is 36.6 Å². The molecule has 0 aliphatic heterocycles. The van der Waals surface area contributed by atoms with Crippen LogP contribution in [0.1, 0.15) is 30.9 Å². The van der Waals surface area contributed by atoms with Crippen LogP contribution in [0.25, 0.3) is 22.2 Å². The van der Waals surface area contributed by atoms with E-state index in [2.05, 4.69) is 20.1 Å². The van der Waals surface area contributed by atoms with E-state index in [0.29, 0.717) is 6.20 Å². The van der Waals surface area contributed by atoms with Crippen molar-refractivity contribution in [2.75, 3.05) is 0 Å². The van der Waals surface area contributed by atoms with Gasteiger partial charge in [0.05, 0.1) is 29.3 Å². The van der Waals surface area contributed by atoms with Crippen LogP contribution in [0.3, 0.4) is 0 Å². The van der Waals surface area contributed by atoms with Crippen LogP contribution < -0.4 is 11.1 Å². The maximum atomic E-state index is 14.8. The first-order valence-electron chi connectivity index (χ1n) is 11.1. The molecule has 3 aromatic heterocycles. The highest BCUT2D eigenvalue weighted by atomic mass is 19.4. The van der Waals surface area contributed by atoms with Crippen molar-refractivity contribution in [3.05, 3.63) is 80.6 Å². The third kappa shape index (κ3) is 6.02. The molecule has 0 aliphatic carbocycles. The normalized spacial score (nSPS) is 13.3. The summed E-state index contributed by atoms with van der Waals surface area (Å²) >= 11 is 0. The first-order chi connectivity index (χ1) is 18.3. The lowest BCUT2D eigenvalue weighted by Gasteiger charge is -2.13. The number of aromatic amines is 1. The fourth-order valence-electron chi connectivity index (χ4n) is 3.81. The number of H-pyrrole nitrogens is 1. The van der Waals surface area contributed by atoms with Gasteiger partial charge in [0.25, 0.3) is 17.5 Å². The van der Waals surface area contributed by atoms with Gasteiger partial charge in [-0.3, -0.25) is 14.6 Å². The quantitative estimate of drug-likeness (QED) is 0.251. The van der Waals surface area contributed by atoms with Crippen LogP contribution in [0.2, 0.25) is 0 Å². The van der Waals surface area contributed by atoms with Crippen LogP contribution in [0.4, 0.5) is 36.4 Å². The Hall–Kier alpha value is -4.43. The van der Waals surface area contributed by atoms with Gasteiger partial charge in [-0.15, -0.1) is 0 Å². The molecule has 1 atom stereocenters. The molecule has 1 N–H and O–H groups in total. The van der Waals surface area contributed by atoms with Crippen LogP contribution in [0.5, 0.6) is 0 Å². The van der Waals surface area contributed by atoms with E-state index in [9.17, 15) is 40.3 Å². The number of halogens is 7. The third-order valence-electron chi connectivity index (χ3n) is 5.57. The van der Waals surface area contributed by atoms with Gasteiger partial charge < -0.3 is 4.57 Å². The number of rotatable bonds is 7. The molecule has 0 unspecified atom stereocenters. The van der Waals surface area contributed by atoms with Gasteiger partial charge in [-0.05, 0) is 30.5 Å². The number of fused-ring (bicyclic) bond motifs is 1. The van der Waals surface area contributed by atoms with Crippen LogP contribution in [0.15, 0.2) is 57.6 Å². The molecule has 0 radical (unpaired) electrons. The van der Waals surface area contributed by atoms with Gasteiger partial charge in [-0.2, -0.15) is 18.3 Å². The molecular formula is C24H17F7N6O2. The molecule has 4 aromatic rings. The average Bonchev–Trinajstić information content (AvgIpc) is 2.85. The Labute approximate surface area is 213 Å². The Kier molecular flexibility index (Phi) is 7.60. The number of pyridine rings is 1. The van der Waals surface area contributed by atoms with Gasteiger partial charge in [0.1, 0.15) is 23.2 Å². The Bertz CT molecular complexity index is 1660. The highest BCUT2D eigenvalue weighted by Gasteiger charge is 2.37. The number of benzene rings is 1. The molecule has 204 valence electrons. The van der Waals surface area contributed by atoms with E-state index in [1.165, 1.54) is 25.3 Å². The second kappa shape index (κ2) is 10.7. The van der Waals surface area contributed by atoms with E-state index in [1.807, 2.05) is 0 Å². The number of hydrogen-bond acceptors (Lipinski definition) is 6. The molecule has 0 amide bonds. The Morgan fingerprint density at radius 1 is 1.10 bits per heavy atom. The van der Waals surface area contributed by atoms with Gasteiger partial charge in [0.2, 0.25) is 0 Å². The molecule has 0 spiro atoms. The molecule has 1 aromatic carbocycles. The second-order valence-electron chi connectivity index (χ2n) is 8.44. The Morgan fingerprint density at radius 3 is 2.44 bits per heavy atom. The number of alkyl halides is 6. The third-order valence-corrected chi connectivity index (χ3v) is 5.57. The number of aromatic nitrogens is 5. The second-order valence-corrected chi connectivity index (χ2v) is 8.44. The van der Waals surface area contributed by atoms with E-state index in [4.69, 9.17) is 0 Å². The van der Waals surface area contributed by atoms with E-state index in [1.54, 1.807) is 5.10 Å². The predicted molar refractivity (Wildman–Crippen MR) is 126 cm³/mol. The zero-order chi connectivity index (χ0) is 28.5. The highest BCUT2D eigenvalue weighted by molar-refractivity contribution is 5.86. The van der Waals surface area contributed by atoms with E-state index < -0.39 is 65.5 Å². The number of nitrogens with one attached hydrogen (secondary N) is 1. The van der Waals surface area contributed by atoms with Crippen LogP contribution in [0, 0.1) is 5.82 Å². The van der Waals surface area contributed by atoms with Gasteiger partial charge in [0.15, 0.2) is 5.82 Å². The topological polar surface area (TPSA) is 106 Å². The summed E-state index contributed by atoms with van der Waals surface area (Å²) in [5, 5.41) is 5.11. The molecule has 4 rings (SSSR count). The molecule has 8 nitrogen and oxygen atoms in total. The van der Waals surface area contributed by atoms with Crippen LogP contribution >= 0.6 is 0 Å². The van der Waals surface area contributed by atoms with E-state index >= 15 is 0 Å². The minimum atomic E-state index is -5.01. The summed E-state index contributed by atoms with van der Waals surface area (Å²) in [5.41, 5.74) is -5.28. The molecule has 3 heterocycles. The van der Waals surface area contributed by atoms with Gasteiger partial charge in [0, 0.05) is 30.7 Å². The zero-order valence-electron chi connectivity index (χ0n) is 19.8. The lowest BCUT2D eigenvalue weighted by atomic mass is 10.1. The number of hydrogen-bond donors (Lipinski definition) is 1. The minimum absolute atomic E-state index is 0.0946. The molecule has 0 fully saturated rings. The molecule has 39 heavy (non-hydrogen) atoms. The molecule has 0 saturated heterocycles. The lowest BCUT2D eigenvalue weighted by Crippen LogP contribution is -2.25. The van der Waals surface area contributed by atoms with Gasteiger partial charge in [-0.25, -0.2) is 32.6 Å². The predicted octanol–water partition coefficient (Wildman–Crippen LogP) is 5.16. The number of aliphatic imine (C=N–C) groups is 1. The summed E-state index contributed by atoms with van der Waals surface area (Å²) < 4.78 is 95.6. The van der Waals surface area contributed by atoms with Crippen molar-refractivity contribution < 1.29 is 30.7 Å². The highest BCUT2D eigenvalue weighted by Crippen LogP contribution is 2.33. The van der Waals surface area contributed by atoms with Crippen molar-refractivity contribution in [2.45, 2.75) is 38.7 Å². The molecule has 0 saturated carbocycles. The van der Waals surface area contributed by atoms with E-state index in [0.717, 1.165) is 23.0 Å². The summed E-state index contributed by atoms with van der Waals surface area (Å²) in [7, 11) is 0. The fraction of sp³-hybridized carbons (Fsp3) is 0.250. The molecule has 15 heteroatoms. The van der Waals surface area contributed by atoms with Gasteiger partial charge >= 0.3 is 6.18 Å².